The molecule has 2 rings (SSSR count). The molecule has 0 aliphatic carbocycles. The molecule has 20 heavy (non-hydrogen) atoms. The standard InChI is InChI=1S/C15H18BrN3O/c1-4-7-17-14-11(3)15(19-9-18-14)20-12-5-6-13(16)10(2)8-12/h5-6,8-9H,4,7H2,1-3H3,(H,17,18,19). The van der Waals surface area contributed by atoms with Crippen molar-refractivity contribution < 1.29 is 4.74 Å². The van der Waals surface area contributed by atoms with Gasteiger partial charge in [0.2, 0.25) is 5.88 Å². The minimum Gasteiger partial charge on any atom is -0.439 e. The summed E-state index contributed by atoms with van der Waals surface area (Å²) in [6, 6.07) is 5.86. The number of nitrogens with one attached hydrogen (secondary N) is 1. The van der Waals surface area contributed by atoms with Crippen LogP contribution in [0.25, 0.3) is 0 Å². The fraction of sp³-hybridized carbons (Fsp3) is 0.333. The Bertz CT molecular complexity index is 602. The maximum Gasteiger partial charge on any atom is 0.227 e. The van der Waals surface area contributed by atoms with E-state index in [1.807, 2.05) is 32.0 Å². The Morgan fingerprint density at radius 1 is 1.25 bits per heavy atom. The number of hydrogen-bond donors (Lipinski definition) is 1. The lowest BCUT2D eigenvalue weighted by molar-refractivity contribution is 0.457. The third-order valence-electron chi connectivity index (χ3n) is 2.92. The lowest BCUT2D eigenvalue weighted by atomic mass is 10.2. The van der Waals surface area contributed by atoms with Crippen molar-refractivity contribution in [2.75, 3.05) is 11.9 Å². The van der Waals surface area contributed by atoms with Crippen molar-refractivity contribution in [3.8, 4) is 11.6 Å². The molecule has 1 N–H and O–H groups in total. The second-order valence-electron chi connectivity index (χ2n) is 4.59. The van der Waals surface area contributed by atoms with E-state index in [9.17, 15) is 0 Å². The molecule has 0 aliphatic heterocycles. The first-order valence-electron chi connectivity index (χ1n) is 6.61. The number of aromatic nitrogens is 2. The summed E-state index contributed by atoms with van der Waals surface area (Å²) < 4.78 is 6.92. The summed E-state index contributed by atoms with van der Waals surface area (Å²) in [5.74, 6) is 2.18. The van der Waals surface area contributed by atoms with Gasteiger partial charge in [-0.05, 0) is 44.0 Å². The van der Waals surface area contributed by atoms with Crippen molar-refractivity contribution in [1.82, 2.24) is 9.97 Å². The Kier molecular flexibility index (Phi) is 4.95. The molecule has 0 amide bonds. The van der Waals surface area contributed by atoms with E-state index in [4.69, 9.17) is 4.74 Å². The van der Waals surface area contributed by atoms with Gasteiger partial charge in [-0.1, -0.05) is 22.9 Å². The van der Waals surface area contributed by atoms with Crippen molar-refractivity contribution in [2.24, 2.45) is 0 Å². The van der Waals surface area contributed by atoms with Crippen LogP contribution in [0.4, 0.5) is 5.82 Å². The number of ether oxygens (including phenoxy) is 1. The van der Waals surface area contributed by atoms with E-state index in [0.29, 0.717) is 5.88 Å². The van der Waals surface area contributed by atoms with Crippen LogP contribution in [0, 0.1) is 13.8 Å². The highest BCUT2D eigenvalue weighted by atomic mass is 79.9. The monoisotopic (exact) mass is 335 g/mol. The number of rotatable bonds is 5. The van der Waals surface area contributed by atoms with Crippen molar-refractivity contribution in [1.29, 1.82) is 0 Å². The highest BCUT2D eigenvalue weighted by molar-refractivity contribution is 9.10. The zero-order chi connectivity index (χ0) is 14.5. The first-order chi connectivity index (χ1) is 9.61. The fourth-order valence-corrected chi connectivity index (χ4v) is 2.00. The first-order valence-corrected chi connectivity index (χ1v) is 7.40. The van der Waals surface area contributed by atoms with Gasteiger partial charge >= 0.3 is 0 Å². The molecule has 1 heterocycles. The zero-order valence-corrected chi connectivity index (χ0v) is 13.5. The van der Waals surface area contributed by atoms with Crippen LogP contribution in [-0.2, 0) is 0 Å². The van der Waals surface area contributed by atoms with Gasteiger partial charge in [-0.2, -0.15) is 0 Å². The molecule has 0 spiro atoms. The number of halogens is 1. The predicted octanol–water partition coefficient (Wildman–Crippen LogP) is 4.47. The molecule has 2 aromatic rings. The molecule has 0 radical (unpaired) electrons. The van der Waals surface area contributed by atoms with Crippen LogP contribution in [0.2, 0.25) is 0 Å². The van der Waals surface area contributed by atoms with Gasteiger partial charge in [-0.25, -0.2) is 9.97 Å². The highest BCUT2D eigenvalue weighted by Crippen LogP contribution is 2.28. The van der Waals surface area contributed by atoms with Gasteiger partial charge in [0, 0.05) is 11.0 Å². The average Bonchev–Trinajstić information content (AvgIpc) is 2.44. The number of benzene rings is 1. The van der Waals surface area contributed by atoms with E-state index in [0.717, 1.165) is 40.1 Å². The van der Waals surface area contributed by atoms with Gasteiger partial charge in [-0.3, -0.25) is 0 Å². The van der Waals surface area contributed by atoms with Gasteiger partial charge < -0.3 is 10.1 Å². The van der Waals surface area contributed by atoms with Crippen molar-refractivity contribution >= 4 is 21.7 Å². The van der Waals surface area contributed by atoms with Gasteiger partial charge in [0.15, 0.2) is 0 Å². The van der Waals surface area contributed by atoms with Crippen LogP contribution in [-0.4, -0.2) is 16.5 Å². The third kappa shape index (κ3) is 3.48. The topological polar surface area (TPSA) is 47.0 Å². The summed E-state index contributed by atoms with van der Waals surface area (Å²) in [6.07, 6.45) is 2.57. The molecule has 0 aliphatic rings. The maximum atomic E-state index is 5.85. The molecule has 5 heteroatoms. The normalized spacial score (nSPS) is 10.4. The van der Waals surface area contributed by atoms with Crippen LogP contribution in [0.5, 0.6) is 11.6 Å². The molecule has 0 saturated heterocycles. The second-order valence-corrected chi connectivity index (χ2v) is 5.45. The molecule has 106 valence electrons. The van der Waals surface area contributed by atoms with Crippen molar-refractivity contribution in [3.63, 3.8) is 0 Å². The molecule has 0 unspecified atom stereocenters. The molecule has 4 nitrogen and oxygen atoms in total. The Hall–Kier alpha value is -1.62. The summed E-state index contributed by atoms with van der Waals surface area (Å²) in [4.78, 5) is 8.45. The highest BCUT2D eigenvalue weighted by Gasteiger charge is 2.09. The van der Waals surface area contributed by atoms with Crippen LogP contribution >= 0.6 is 15.9 Å². The molecule has 0 fully saturated rings. The van der Waals surface area contributed by atoms with E-state index in [1.54, 1.807) is 0 Å². The average molecular weight is 336 g/mol. The number of aryl methyl sites for hydroxylation is 1. The molecule has 0 saturated carbocycles. The summed E-state index contributed by atoms with van der Waals surface area (Å²) >= 11 is 3.48. The van der Waals surface area contributed by atoms with E-state index in [1.165, 1.54) is 6.33 Å². The van der Waals surface area contributed by atoms with Crippen LogP contribution in [0.15, 0.2) is 29.0 Å². The van der Waals surface area contributed by atoms with Gasteiger partial charge in [-0.15, -0.1) is 0 Å². The number of nitrogens with zero attached hydrogens (tertiary/aromatic N) is 2. The second kappa shape index (κ2) is 6.70. The summed E-state index contributed by atoms with van der Waals surface area (Å²) in [6.45, 7) is 6.98. The Morgan fingerprint density at radius 3 is 2.75 bits per heavy atom. The molecular formula is C15H18BrN3O. The molecule has 0 atom stereocenters. The summed E-state index contributed by atoms with van der Waals surface area (Å²) in [5.41, 5.74) is 2.04. The summed E-state index contributed by atoms with van der Waals surface area (Å²) in [5, 5.41) is 3.27. The SMILES string of the molecule is CCCNc1ncnc(Oc2ccc(Br)c(C)c2)c1C. The predicted molar refractivity (Wildman–Crippen MR) is 84.5 cm³/mol. The zero-order valence-electron chi connectivity index (χ0n) is 11.9. The van der Waals surface area contributed by atoms with Crippen LogP contribution < -0.4 is 10.1 Å². The largest absolute Gasteiger partial charge is 0.439 e. The third-order valence-corrected chi connectivity index (χ3v) is 3.81. The first kappa shape index (κ1) is 14.8. The Balaban J connectivity index is 2.22. The van der Waals surface area contributed by atoms with Crippen molar-refractivity contribution in [3.05, 3.63) is 40.1 Å². The van der Waals surface area contributed by atoms with E-state index in [2.05, 4.69) is 38.1 Å². The van der Waals surface area contributed by atoms with Crippen molar-refractivity contribution in [2.45, 2.75) is 27.2 Å². The summed E-state index contributed by atoms with van der Waals surface area (Å²) in [7, 11) is 0. The fourth-order valence-electron chi connectivity index (χ4n) is 1.75. The van der Waals surface area contributed by atoms with Gasteiger partial charge in [0.25, 0.3) is 0 Å². The lowest BCUT2D eigenvalue weighted by Crippen LogP contribution is -2.05. The number of hydrogen-bond acceptors (Lipinski definition) is 4. The Morgan fingerprint density at radius 2 is 2.05 bits per heavy atom. The van der Waals surface area contributed by atoms with Crippen LogP contribution in [0.1, 0.15) is 24.5 Å². The van der Waals surface area contributed by atoms with Gasteiger partial charge in [0.05, 0.1) is 5.56 Å². The Labute approximate surface area is 127 Å². The minimum atomic E-state index is 0.584. The maximum absolute atomic E-state index is 5.85. The quantitative estimate of drug-likeness (QED) is 0.875. The van der Waals surface area contributed by atoms with E-state index < -0.39 is 0 Å². The molecular weight excluding hydrogens is 318 g/mol. The number of anilines is 1. The smallest absolute Gasteiger partial charge is 0.227 e. The lowest BCUT2D eigenvalue weighted by Gasteiger charge is -2.12. The van der Waals surface area contributed by atoms with Crippen LogP contribution in [0.3, 0.4) is 0 Å². The molecule has 1 aromatic carbocycles. The minimum absolute atomic E-state index is 0.584. The van der Waals surface area contributed by atoms with E-state index >= 15 is 0 Å². The molecule has 1 aromatic heterocycles. The van der Waals surface area contributed by atoms with Gasteiger partial charge in [0.1, 0.15) is 17.9 Å². The van der Waals surface area contributed by atoms with E-state index in [-0.39, 0.29) is 0 Å². The molecule has 0 bridgehead atoms.